The Hall–Kier alpha value is -3.28. The quantitative estimate of drug-likeness (QED) is 0.546. The highest BCUT2D eigenvalue weighted by molar-refractivity contribution is 5.94. The molecule has 3 aromatic heterocycles. The van der Waals surface area contributed by atoms with Crippen molar-refractivity contribution >= 4 is 27.5 Å². The fourth-order valence-electron chi connectivity index (χ4n) is 4.31. The van der Waals surface area contributed by atoms with Gasteiger partial charge < -0.3 is 9.40 Å². The van der Waals surface area contributed by atoms with Gasteiger partial charge >= 0.3 is 5.63 Å². The highest BCUT2D eigenvalue weighted by atomic mass is 16.4. The van der Waals surface area contributed by atoms with Crippen molar-refractivity contribution in [3.63, 3.8) is 0 Å². The SMILES string of the molecule is CC(Cc1ncnc2nc[nH]c12)c1oc(=O)c2ccccc2c1C1=CCCCC1. The molecule has 1 aliphatic carbocycles. The number of imidazole rings is 1. The first-order valence-electron chi connectivity index (χ1n) is 10.1. The van der Waals surface area contributed by atoms with E-state index in [0.717, 1.165) is 47.2 Å². The van der Waals surface area contributed by atoms with E-state index in [0.29, 0.717) is 17.5 Å². The van der Waals surface area contributed by atoms with Gasteiger partial charge in [-0.25, -0.2) is 19.7 Å². The summed E-state index contributed by atoms with van der Waals surface area (Å²) in [5.41, 5.74) is 4.45. The fourth-order valence-corrected chi connectivity index (χ4v) is 4.31. The van der Waals surface area contributed by atoms with E-state index in [-0.39, 0.29) is 11.5 Å². The van der Waals surface area contributed by atoms with Crippen LogP contribution in [0.25, 0.3) is 27.5 Å². The molecule has 146 valence electrons. The van der Waals surface area contributed by atoms with Crippen LogP contribution in [0.3, 0.4) is 0 Å². The van der Waals surface area contributed by atoms with Crippen LogP contribution in [0, 0.1) is 0 Å². The summed E-state index contributed by atoms with van der Waals surface area (Å²) >= 11 is 0. The summed E-state index contributed by atoms with van der Waals surface area (Å²) in [5, 5.41) is 1.62. The van der Waals surface area contributed by atoms with Crippen LogP contribution in [-0.4, -0.2) is 19.9 Å². The molecule has 0 fully saturated rings. The number of hydrogen-bond donors (Lipinski definition) is 1. The predicted molar refractivity (Wildman–Crippen MR) is 113 cm³/mol. The molecule has 0 aliphatic heterocycles. The second kappa shape index (κ2) is 7.28. The van der Waals surface area contributed by atoms with Crippen molar-refractivity contribution in [3.8, 4) is 0 Å². The minimum absolute atomic E-state index is 0.0217. The van der Waals surface area contributed by atoms with E-state index in [1.165, 1.54) is 18.3 Å². The lowest BCUT2D eigenvalue weighted by molar-refractivity contribution is 0.433. The number of fused-ring (bicyclic) bond motifs is 2. The minimum Gasteiger partial charge on any atom is -0.426 e. The first kappa shape index (κ1) is 17.8. The minimum atomic E-state index is -0.281. The van der Waals surface area contributed by atoms with Crippen molar-refractivity contribution in [2.75, 3.05) is 0 Å². The van der Waals surface area contributed by atoms with Crippen molar-refractivity contribution in [3.05, 3.63) is 70.4 Å². The smallest absolute Gasteiger partial charge is 0.343 e. The number of nitrogens with zero attached hydrogens (tertiary/aromatic N) is 3. The van der Waals surface area contributed by atoms with E-state index in [1.54, 1.807) is 6.33 Å². The fraction of sp³-hybridized carbons (Fsp3) is 0.304. The second-order valence-corrected chi connectivity index (χ2v) is 7.68. The Kier molecular flexibility index (Phi) is 4.46. The summed E-state index contributed by atoms with van der Waals surface area (Å²) in [7, 11) is 0. The Morgan fingerprint density at radius 2 is 2.00 bits per heavy atom. The summed E-state index contributed by atoms with van der Waals surface area (Å²) in [6.45, 7) is 2.09. The predicted octanol–water partition coefficient (Wildman–Crippen LogP) is 4.76. The summed E-state index contributed by atoms with van der Waals surface area (Å²) in [6, 6.07) is 7.75. The van der Waals surface area contributed by atoms with Crippen LogP contribution < -0.4 is 5.63 Å². The Morgan fingerprint density at radius 3 is 2.83 bits per heavy atom. The van der Waals surface area contributed by atoms with Crippen LogP contribution in [0.4, 0.5) is 0 Å². The van der Waals surface area contributed by atoms with Gasteiger partial charge in [0.15, 0.2) is 5.65 Å². The molecule has 0 spiro atoms. The molecule has 0 radical (unpaired) electrons. The van der Waals surface area contributed by atoms with Gasteiger partial charge in [-0.05, 0) is 42.7 Å². The number of nitrogens with one attached hydrogen (secondary N) is 1. The van der Waals surface area contributed by atoms with Crippen molar-refractivity contribution < 1.29 is 4.42 Å². The number of allylic oxidation sites excluding steroid dienone is 2. The van der Waals surface area contributed by atoms with Crippen molar-refractivity contribution in [1.82, 2.24) is 19.9 Å². The molecule has 29 heavy (non-hydrogen) atoms. The van der Waals surface area contributed by atoms with Gasteiger partial charge in [0, 0.05) is 17.9 Å². The molecule has 0 bridgehead atoms. The number of hydrogen-bond acceptors (Lipinski definition) is 5. The molecule has 5 rings (SSSR count). The van der Waals surface area contributed by atoms with Crippen molar-refractivity contribution in [1.29, 1.82) is 0 Å². The van der Waals surface area contributed by atoms with Gasteiger partial charge in [-0.1, -0.05) is 31.2 Å². The van der Waals surface area contributed by atoms with Gasteiger partial charge in [-0.3, -0.25) is 0 Å². The molecule has 1 aliphatic rings. The molecule has 1 unspecified atom stereocenters. The van der Waals surface area contributed by atoms with E-state index < -0.39 is 0 Å². The average molecular weight is 386 g/mol. The Balaban J connectivity index is 1.66. The first-order valence-corrected chi connectivity index (χ1v) is 10.1. The van der Waals surface area contributed by atoms with Crippen LogP contribution in [0.2, 0.25) is 0 Å². The summed E-state index contributed by atoms with van der Waals surface area (Å²) < 4.78 is 5.94. The third-order valence-corrected chi connectivity index (χ3v) is 5.73. The van der Waals surface area contributed by atoms with E-state index in [1.807, 2.05) is 24.3 Å². The summed E-state index contributed by atoms with van der Waals surface area (Å²) in [6.07, 6.45) is 10.5. The number of rotatable bonds is 4. The zero-order valence-corrected chi connectivity index (χ0v) is 16.3. The molecule has 4 aromatic rings. The van der Waals surface area contributed by atoms with Gasteiger partial charge in [0.05, 0.1) is 17.4 Å². The van der Waals surface area contributed by atoms with E-state index in [2.05, 4.69) is 32.9 Å². The molecule has 0 saturated heterocycles. The van der Waals surface area contributed by atoms with Crippen LogP contribution >= 0.6 is 0 Å². The van der Waals surface area contributed by atoms with Gasteiger partial charge in [-0.2, -0.15) is 0 Å². The molecule has 0 amide bonds. The molecule has 1 N–H and O–H groups in total. The zero-order valence-electron chi connectivity index (χ0n) is 16.3. The number of H-pyrrole nitrogens is 1. The Morgan fingerprint density at radius 1 is 1.14 bits per heavy atom. The molecule has 6 nitrogen and oxygen atoms in total. The summed E-state index contributed by atoms with van der Waals surface area (Å²) in [5.74, 6) is 0.722. The Bertz CT molecular complexity index is 1290. The third kappa shape index (κ3) is 3.14. The molecular weight excluding hydrogens is 364 g/mol. The molecular formula is C23H22N4O2. The molecule has 3 heterocycles. The van der Waals surface area contributed by atoms with Gasteiger partial charge in [0.2, 0.25) is 0 Å². The topological polar surface area (TPSA) is 84.7 Å². The molecule has 6 heteroatoms. The number of aromatic amines is 1. The van der Waals surface area contributed by atoms with Gasteiger partial charge in [0.25, 0.3) is 0 Å². The maximum Gasteiger partial charge on any atom is 0.343 e. The average Bonchev–Trinajstić information content (AvgIpc) is 3.24. The van der Waals surface area contributed by atoms with E-state index in [9.17, 15) is 4.79 Å². The lowest BCUT2D eigenvalue weighted by Gasteiger charge is -2.20. The first-order chi connectivity index (χ1) is 14.2. The van der Waals surface area contributed by atoms with Gasteiger partial charge in [-0.15, -0.1) is 0 Å². The van der Waals surface area contributed by atoms with Gasteiger partial charge in [0.1, 0.15) is 17.6 Å². The standard InChI is InChI=1S/C23H22N4O2/c1-14(11-18-20-22(26-12-24-18)27-13-25-20)21-19(15-7-3-2-4-8-15)16-9-5-6-10-17(16)23(28)29-21/h5-7,9-10,12-14H,2-4,8,11H2,1H3,(H,24,25,26,27). The molecule has 1 atom stereocenters. The lowest BCUT2D eigenvalue weighted by Crippen LogP contribution is -2.12. The molecule has 0 saturated carbocycles. The number of aromatic nitrogens is 4. The van der Waals surface area contributed by atoms with E-state index >= 15 is 0 Å². The second-order valence-electron chi connectivity index (χ2n) is 7.68. The summed E-state index contributed by atoms with van der Waals surface area (Å²) in [4.78, 5) is 28.7. The highest BCUT2D eigenvalue weighted by Crippen LogP contribution is 2.37. The van der Waals surface area contributed by atoms with E-state index in [4.69, 9.17) is 4.42 Å². The number of benzene rings is 1. The maximum absolute atomic E-state index is 12.7. The van der Waals surface area contributed by atoms with Crippen molar-refractivity contribution in [2.24, 2.45) is 0 Å². The highest BCUT2D eigenvalue weighted by Gasteiger charge is 2.23. The largest absolute Gasteiger partial charge is 0.426 e. The van der Waals surface area contributed by atoms with Crippen molar-refractivity contribution in [2.45, 2.75) is 44.9 Å². The van der Waals surface area contributed by atoms with Crippen LogP contribution in [0.5, 0.6) is 0 Å². The Labute approximate surface area is 167 Å². The monoisotopic (exact) mass is 386 g/mol. The van der Waals surface area contributed by atoms with Crippen LogP contribution in [0.15, 0.2) is 52.2 Å². The van der Waals surface area contributed by atoms with Crippen LogP contribution in [-0.2, 0) is 6.42 Å². The normalized spacial score (nSPS) is 15.6. The van der Waals surface area contributed by atoms with Crippen LogP contribution in [0.1, 0.15) is 55.5 Å². The zero-order chi connectivity index (χ0) is 19.8. The lowest BCUT2D eigenvalue weighted by atomic mass is 9.86. The third-order valence-electron chi connectivity index (χ3n) is 5.73. The molecule has 1 aromatic carbocycles. The maximum atomic E-state index is 12.7.